The third kappa shape index (κ3) is 2.38. The monoisotopic (exact) mass is 224 g/mol. The lowest BCUT2D eigenvalue weighted by atomic mass is 10.2. The molecule has 0 spiro atoms. The molecule has 1 amide bonds. The molecule has 2 saturated carbocycles. The summed E-state index contributed by atoms with van der Waals surface area (Å²) in [5, 5.41) is 3.26. The number of rotatable bonds is 4. The zero-order valence-corrected chi connectivity index (χ0v) is 9.65. The number of hydrogen-bond donors (Lipinski definition) is 1. The van der Waals surface area contributed by atoms with Gasteiger partial charge < -0.3 is 15.0 Å². The summed E-state index contributed by atoms with van der Waals surface area (Å²) in [7, 11) is 0. The molecule has 1 saturated heterocycles. The van der Waals surface area contributed by atoms with Gasteiger partial charge in [-0.15, -0.1) is 0 Å². The summed E-state index contributed by atoms with van der Waals surface area (Å²) in [4.78, 5) is 14.4. The number of hydrogen-bond acceptors (Lipinski definition) is 3. The minimum Gasteiger partial charge on any atom is -0.378 e. The first-order valence-electron chi connectivity index (χ1n) is 6.46. The lowest BCUT2D eigenvalue weighted by Crippen LogP contribution is -2.53. The average Bonchev–Trinajstić information content (AvgIpc) is 3.16. The quantitative estimate of drug-likeness (QED) is 0.750. The Bertz CT molecular complexity index is 268. The third-order valence-corrected chi connectivity index (χ3v) is 3.64. The summed E-state index contributed by atoms with van der Waals surface area (Å²) >= 11 is 0. The molecule has 3 fully saturated rings. The Morgan fingerprint density at radius 3 is 2.69 bits per heavy atom. The van der Waals surface area contributed by atoms with E-state index in [1.807, 2.05) is 0 Å². The predicted octanol–water partition coefficient (Wildman–Crippen LogP) is 0.376. The van der Waals surface area contributed by atoms with Crippen LogP contribution >= 0.6 is 0 Å². The Balaban J connectivity index is 1.59. The van der Waals surface area contributed by atoms with E-state index < -0.39 is 0 Å². The number of carbonyl (C=O) groups excluding carboxylic acids is 1. The van der Waals surface area contributed by atoms with E-state index in [9.17, 15) is 4.79 Å². The van der Waals surface area contributed by atoms with E-state index in [2.05, 4.69) is 10.2 Å². The maximum Gasteiger partial charge on any atom is 0.242 e. The topological polar surface area (TPSA) is 41.6 Å². The van der Waals surface area contributed by atoms with Crippen LogP contribution < -0.4 is 5.32 Å². The van der Waals surface area contributed by atoms with Gasteiger partial charge in [0.2, 0.25) is 5.91 Å². The van der Waals surface area contributed by atoms with E-state index >= 15 is 0 Å². The zero-order chi connectivity index (χ0) is 11.0. The SMILES string of the molecule is O=C(C1COCCN1)N(CC1CC1)C1CC1. The summed E-state index contributed by atoms with van der Waals surface area (Å²) < 4.78 is 5.36. The van der Waals surface area contributed by atoms with Crippen molar-refractivity contribution in [2.24, 2.45) is 5.92 Å². The molecule has 1 N–H and O–H groups in total. The van der Waals surface area contributed by atoms with Crippen LogP contribution in [0.3, 0.4) is 0 Å². The van der Waals surface area contributed by atoms with Gasteiger partial charge >= 0.3 is 0 Å². The molecule has 0 aromatic carbocycles. The van der Waals surface area contributed by atoms with Gasteiger partial charge in [0.25, 0.3) is 0 Å². The van der Waals surface area contributed by atoms with Crippen LogP contribution in [0.25, 0.3) is 0 Å². The maximum absolute atomic E-state index is 12.3. The van der Waals surface area contributed by atoms with Gasteiger partial charge in [-0.2, -0.15) is 0 Å². The molecule has 1 aliphatic heterocycles. The van der Waals surface area contributed by atoms with Crippen LogP contribution in [0.5, 0.6) is 0 Å². The van der Waals surface area contributed by atoms with E-state index in [0.29, 0.717) is 12.6 Å². The molecule has 0 bridgehead atoms. The fourth-order valence-electron chi connectivity index (χ4n) is 2.31. The van der Waals surface area contributed by atoms with E-state index in [-0.39, 0.29) is 11.9 Å². The Kier molecular flexibility index (Phi) is 2.86. The van der Waals surface area contributed by atoms with Crippen molar-refractivity contribution in [3.05, 3.63) is 0 Å². The summed E-state index contributed by atoms with van der Waals surface area (Å²) in [5.74, 6) is 1.06. The smallest absolute Gasteiger partial charge is 0.242 e. The van der Waals surface area contributed by atoms with Gasteiger partial charge in [-0.1, -0.05) is 0 Å². The second kappa shape index (κ2) is 4.34. The fraction of sp³-hybridized carbons (Fsp3) is 0.917. The van der Waals surface area contributed by atoms with Crippen molar-refractivity contribution in [3.8, 4) is 0 Å². The molecule has 0 aromatic rings. The second-order valence-corrected chi connectivity index (χ2v) is 5.25. The molecule has 90 valence electrons. The minimum atomic E-state index is -0.0897. The summed E-state index contributed by atoms with van der Waals surface area (Å²) in [6, 6.07) is 0.449. The highest BCUT2D eigenvalue weighted by molar-refractivity contribution is 5.82. The first kappa shape index (κ1) is 10.5. The highest BCUT2D eigenvalue weighted by atomic mass is 16.5. The van der Waals surface area contributed by atoms with Crippen LogP contribution in [-0.4, -0.2) is 49.2 Å². The molecule has 16 heavy (non-hydrogen) atoms. The molecule has 3 rings (SSSR count). The number of amides is 1. The van der Waals surface area contributed by atoms with Gasteiger partial charge in [-0.25, -0.2) is 0 Å². The fourth-order valence-corrected chi connectivity index (χ4v) is 2.31. The average molecular weight is 224 g/mol. The number of morpholine rings is 1. The van der Waals surface area contributed by atoms with Crippen molar-refractivity contribution in [1.29, 1.82) is 0 Å². The molecule has 3 aliphatic rings. The molecule has 0 aromatic heterocycles. The largest absolute Gasteiger partial charge is 0.378 e. The molecule has 4 nitrogen and oxygen atoms in total. The van der Waals surface area contributed by atoms with Crippen molar-refractivity contribution in [2.75, 3.05) is 26.3 Å². The molecular weight excluding hydrogens is 204 g/mol. The number of carbonyl (C=O) groups is 1. The van der Waals surface area contributed by atoms with Gasteiger partial charge in [0.05, 0.1) is 13.2 Å². The first-order chi connectivity index (χ1) is 7.84. The molecule has 4 heteroatoms. The van der Waals surface area contributed by atoms with Crippen LogP contribution in [0.1, 0.15) is 25.7 Å². The number of nitrogens with one attached hydrogen (secondary N) is 1. The van der Waals surface area contributed by atoms with E-state index in [1.54, 1.807) is 0 Å². The predicted molar refractivity (Wildman–Crippen MR) is 60.1 cm³/mol. The molecule has 2 aliphatic carbocycles. The van der Waals surface area contributed by atoms with Crippen molar-refractivity contribution in [2.45, 2.75) is 37.8 Å². The summed E-state index contributed by atoms with van der Waals surface area (Å²) in [6.45, 7) is 3.07. The van der Waals surface area contributed by atoms with Crippen LogP contribution in [0.2, 0.25) is 0 Å². The van der Waals surface area contributed by atoms with Gasteiger partial charge in [-0.3, -0.25) is 4.79 Å². The van der Waals surface area contributed by atoms with Gasteiger partial charge in [0, 0.05) is 19.1 Å². The van der Waals surface area contributed by atoms with Gasteiger partial charge in [0.15, 0.2) is 0 Å². The third-order valence-electron chi connectivity index (χ3n) is 3.64. The molecule has 1 heterocycles. The molecule has 1 unspecified atom stereocenters. The van der Waals surface area contributed by atoms with E-state index in [1.165, 1.54) is 25.7 Å². The van der Waals surface area contributed by atoms with Crippen LogP contribution in [-0.2, 0) is 9.53 Å². The number of ether oxygens (including phenoxy) is 1. The standard InChI is InChI=1S/C12H20N2O2/c15-12(11-8-16-6-5-13-11)14(10-3-4-10)7-9-1-2-9/h9-11,13H,1-8H2. The van der Waals surface area contributed by atoms with Crippen LogP contribution in [0, 0.1) is 5.92 Å². The van der Waals surface area contributed by atoms with Crippen molar-refractivity contribution in [1.82, 2.24) is 10.2 Å². The van der Waals surface area contributed by atoms with E-state index in [0.717, 1.165) is 25.6 Å². The second-order valence-electron chi connectivity index (χ2n) is 5.25. The molecule has 0 radical (unpaired) electrons. The summed E-state index contributed by atoms with van der Waals surface area (Å²) in [5.41, 5.74) is 0. The van der Waals surface area contributed by atoms with Crippen molar-refractivity contribution in [3.63, 3.8) is 0 Å². The molecule has 1 atom stereocenters. The lowest BCUT2D eigenvalue weighted by molar-refractivity contribution is -0.137. The Morgan fingerprint density at radius 2 is 2.12 bits per heavy atom. The number of nitrogens with zero attached hydrogens (tertiary/aromatic N) is 1. The molecular formula is C12H20N2O2. The van der Waals surface area contributed by atoms with Gasteiger partial charge in [0.1, 0.15) is 6.04 Å². The Labute approximate surface area is 96.3 Å². The Morgan fingerprint density at radius 1 is 1.31 bits per heavy atom. The highest BCUT2D eigenvalue weighted by Gasteiger charge is 2.39. The zero-order valence-electron chi connectivity index (χ0n) is 9.65. The first-order valence-corrected chi connectivity index (χ1v) is 6.46. The lowest BCUT2D eigenvalue weighted by Gasteiger charge is -2.30. The highest BCUT2D eigenvalue weighted by Crippen LogP contribution is 2.35. The van der Waals surface area contributed by atoms with Crippen molar-refractivity contribution >= 4 is 5.91 Å². The van der Waals surface area contributed by atoms with E-state index in [4.69, 9.17) is 4.74 Å². The minimum absolute atomic E-state index is 0.0897. The van der Waals surface area contributed by atoms with Crippen LogP contribution in [0.4, 0.5) is 0 Å². The Hall–Kier alpha value is -0.610. The van der Waals surface area contributed by atoms with Crippen molar-refractivity contribution < 1.29 is 9.53 Å². The van der Waals surface area contributed by atoms with Gasteiger partial charge in [-0.05, 0) is 31.6 Å². The van der Waals surface area contributed by atoms with Crippen LogP contribution in [0.15, 0.2) is 0 Å². The maximum atomic E-state index is 12.3. The normalized spacial score (nSPS) is 30.1. The summed E-state index contributed by atoms with van der Waals surface area (Å²) in [6.07, 6.45) is 5.02.